The van der Waals surface area contributed by atoms with Crippen LogP contribution in [0, 0.1) is 0 Å². The van der Waals surface area contributed by atoms with E-state index in [2.05, 4.69) is 23.5 Å². The van der Waals surface area contributed by atoms with Crippen molar-refractivity contribution in [2.45, 2.75) is 50.5 Å². The zero-order valence-corrected chi connectivity index (χ0v) is 15.6. The van der Waals surface area contributed by atoms with E-state index in [1.54, 1.807) is 29.4 Å². The quantitative estimate of drug-likeness (QED) is 0.351. The summed E-state index contributed by atoms with van der Waals surface area (Å²) in [5, 5.41) is 2.36. The number of nitrogens with zero attached hydrogens (tertiary/aromatic N) is 3. The molecule has 3 aromatic heterocycles. The molecule has 3 aromatic rings. The maximum atomic E-state index is 5.06. The fourth-order valence-electron chi connectivity index (χ4n) is 3.60. The summed E-state index contributed by atoms with van der Waals surface area (Å²) in [5.74, 6) is 0.868. The second-order valence-electron chi connectivity index (χ2n) is 6.21. The molecule has 1 aliphatic carbocycles. The topological polar surface area (TPSA) is 38.7 Å². The number of rotatable bonds is 5. The van der Waals surface area contributed by atoms with Gasteiger partial charge in [0.15, 0.2) is 0 Å². The van der Waals surface area contributed by atoms with Gasteiger partial charge in [0.2, 0.25) is 0 Å². The first kappa shape index (κ1) is 16.0. The van der Waals surface area contributed by atoms with Gasteiger partial charge in [-0.25, -0.2) is 15.0 Å². The molecule has 0 aliphatic heterocycles. The van der Waals surface area contributed by atoms with E-state index >= 15 is 0 Å². The Kier molecular flexibility index (Phi) is 4.55. The van der Waals surface area contributed by atoms with Crippen LogP contribution in [-0.4, -0.2) is 20.7 Å². The van der Waals surface area contributed by atoms with Crippen LogP contribution in [-0.2, 0) is 19.3 Å². The molecule has 0 N–H and O–H groups in total. The van der Waals surface area contributed by atoms with Crippen LogP contribution in [0.3, 0.4) is 0 Å². The molecule has 3 heterocycles. The van der Waals surface area contributed by atoms with Gasteiger partial charge in [0.25, 0.3) is 0 Å². The summed E-state index contributed by atoms with van der Waals surface area (Å²) in [6.45, 7) is 6.05. The number of hydrogen-bond donors (Lipinski definition) is 0. The lowest BCUT2D eigenvalue weighted by Crippen LogP contribution is -2.09. The molecule has 1 aliphatic rings. The van der Waals surface area contributed by atoms with Crippen LogP contribution in [0.5, 0.6) is 0 Å². The molecule has 0 amide bonds. The van der Waals surface area contributed by atoms with Crippen molar-refractivity contribution in [3.63, 3.8) is 0 Å². The van der Waals surface area contributed by atoms with Crippen LogP contribution in [0.2, 0.25) is 0 Å². The van der Waals surface area contributed by atoms with Gasteiger partial charge in [-0.05, 0) is 43.2 Å². The minimum Gasteiger partial charge on any atom is -0.242 e. The summed E-state index contributed by atoms with van der Waals surface area (Å²) in [6, 6.07) is 0. The summed E-state index contributed by atoms with van der Waals surface area (Å²) in [4.78, 5) is 15.3. The Morgan fingerprint density at radius 3 is 2.88 bits per heavy atom. The highest BCUT2D eigenvalue weighted by atomic mass is 32.2. The smallest absolute Gasteiger partial charge is 0.126 e. The Bertz CT molecular complexity index is 914. The van der Waals surface area contributed by atoms with Gasteiger partial charge in [-0.3, -0.25) is 0 Å². The zero-order chi connectivity index (χ0) is 16.5. The lowest BCUT2D eigenvalue weighted by molar-refractivity contribution is 0.675. The number of pyridine rings is 1. The molecule has 124 valence electrons. The Labute approximate surface area is 150 Å². The number of thiophene rings is 1. The third-order valence-corrected chi connectivity index (χ3v) is 6.79. The standard InChI is InChI=1S/C19H21N3S2/c1-3-7-14-12-8-5-6-9-13(12)15-16-17(24-18(15)22-14)19(21-11-20-16)23-10-4-2/h4,11H,2-3,5-10H2,1H3. The number of thioether (sulfide) groups is 1. The predicted octanol–water partition coefficient (Wildman–Crippen LogP) is 5.35. The van der Waals surface area contributed by atoms with Crippen LogP contribution in [0.25, 0.3) is 20.4 Å². The molecule has 0 saturated carbocycles. The van der Waals surface area contributed by atoms with Crippen molar-refractivity contribution in [2.24, 2.45) is 0 Å². The molecular weight excluding hydrogens is 334 g/mol. The van der Waals surface area contributed by atoms with Gasteiger partial charge in [-0.2, -0.15) is 0 Å². The highest BCUT2D eigenvalue weighted by Crippen LogP contribution is 2.41. The van der Waals surface area contributed by atoms with E-state index in [-0.39, 0.29) is 0 Å². The molecule has 0 saturated heterocycles. The average Bonchev–Trinajstić information content (AvgIpc) is 2.99. The van der Waals surface area contributed by atoms with E-state index in [1.807, 2.05) is 6.08 Å². The van der Waals surface area contributed by atoms with Crippen molar-refractivity contribution < 1.29 is 0 Å². The normalized spacial score (nSPS) is 14.2. The highest BCUT2D eigenvalue weighted by Gasteiger charge is 2.22. The highest BCUT2D eigenvalue weighted by molar-refractivity contribution is 7.99. The van der Waals surface area contributed by atoms with Gasteiger partial charge < -0.3 is 0 Å². The van der Waals surface area contributed by atoms with Crippen molar-refractivity contribution in [1.82, 2.24) is 15.0 Å². The summed E-state index contributed by atoms with van der Waals surface area (Å²) in [6.07, 6.45) is 10.8. The first-order chi connectivity index (χ1) is 11.8. The number of aryl methyl sites for hydroxylation is 2. The van der Waals surface area contributed by atoms with Crippen molar-refractivity contribution in [1.29, 1.82) is 0 Å². The van der Waals surface area contributed by atoms with E-state index in [0.29, 0.717) is 0 Å². The Morgan fingerprint density at radius 1 is 1.25 bits per heavy atom. The second-order valence-corrected chi connectivity index (χ2v) is 8.22. The lowest BCUT2D eigenvalue weighted by Gasteiger charge is -2.19. The molecular formula is C19H21N3S2. The van der Waals surface area contributed by atoms with Crippen LogP contribution in [0.4, 0.5) is 0 Å². The van der Waals surface area contributed by atoms with E-state index in [4.69, 9.17) is 4.98 Å². The molecule has 3 nitrogen and oxygen atoms in total. The Morgan fingerprint density at radius 2 is 2.08 bits per heavy atom. The van der Waals surface area contributed by atoms with E-state index in [9.17, 15) is 0 Å². The summed E-state index contributed by atoms with van der Waals surface area (Å²) in [7, 11) is 0. The van der Waals surface area contributed by atoms with Crippen LogP contribution >= 0.6 is 23.1 Å². The van der Waals surface area contributed by atoms with E-state index in [0.717, 1.165) is 40.4 Å². The second kappa shape index (κ2) is 6.81. The van der Waals surface area contributed by atoms with Crippen molar-refractivity contribution in [2.75, 3.05) is 5.75 Å². The molecule has 0 unspecified atom stereocenters. The lowest BCUT2D eigenvalue weighted by atomic mass is 9.88. The SMILES string of the molecule is C=CCSc1ncnc2c1sc1nc(CCC)c3c(c12)CCCC3. The first-order valence-corrected chi connectivity index (χ1v) is 10.4. The summed E-state index contributed by atoms with van der Waals surface area (Å²) < 4.78 is 1.19. The molecule has 0 spiro atoms. The van der Waals surface area contributed by atoms with E-state index < -0.39 is 0 Å². The van der Waals surface area contributed by atoms with Gasteiger partial charge in [0.1, 0.15) is 16.2 Å². The molecule has 4 rings (SSSR count). The van der Waals surface area contributed by atoms with Crippen molar-refractivity contribution >= 4 is 43.5 Å². The van der Waals surface area contributed by atoms with Gasteiger partial charge in [-0.15, -0.1) is 29.7 Å². The largest absolute Gasteiger partial charge is 0.242 e. The monoisotopic (exact) mass is 355 g/mol. The summed E-state index contributed by atoms with van der Waals surface area (Å²) >= 11 is 3.49. The Hall–Kier alpha value is -1.46. The molecule has 5 heteroatoms. The molecule has 0 aromatic carbocycles. The molecule has 0 bridgehead atoms. The van der Waals surface area contributed by atoms with E-state index in [1.165, 1.54) is 46.2 Å². The third kappa shape index (κ3) is 2.64. The van der Waals surface area contributed by atoms with Crippen LogP contribution < -0.4 is 0 Å². The van der Waals surface area contributed by atoms with Gasteiger partial charge in [0.05, 0.1) is 10.2 Å². The zero-order valence-electron chi connectivity index (χ0n) is 14.0. The number of hydrogen-bond acceptors (Lipinski definition) is 5. The average molecular weight is 356 g/mol. The maximum Gasteiger partial charge on any atom is 0.126 e. The first-order valence-electron chi connectivity index (χ1n) is 8.65. The minimum atomic E-state index is 0.868. The fraction of sp³-hybridized carbons (Fsp3) is 0.421. The van der Waals surface area contributed by atoms with Crippen LogP contribution in [0.15, 0.2) is 24.0 Å². The number of fused-ring (bicyclic) bond motifs is 5. The molecule has 24 heavy (non-hydrogen) atoms. The summed E-state index contributed by atoms with van der Waals surface area (Å²) in [5.41, 5.74) is 5.44. The van der Waals surface area contributed by atoms with Crippen molar-refractivity contribution in [3.8, 4) is 0 Å². The Balaban J connectivity index is 2.00. The van der Waals surface area contributed by atoms with Gasteiger partial charge >= 0.3 is 0 Å². The minimum absolute atomic E-state index is 0.868. The predicted molar refractivity (Wildman–Crippen MR) is 104 cm³/mol. The van der Waals surface area contributed by atoms with Crippen molar-refractivity contribution in [3.05, 3.63) is 35.8 Å². The van der Waals surface area contributed by atoms with Gasteiger partial charge in [-0.1, -0.05) is 19.4 Å². The molecule has 0 radical (unpaired) electrons. The number of aromatic nitrogens is 3. The molecule has 0 fully saturated rings. The molecule has 0 atom stereocenters. The third-order valence-electron chi connectivity index (χ3n) is 4.60. The maximum absolute atomic E-state index is 5.06. The fourth-order valence-corrected chi connectivity index (χ4v) is 5.59. The van der Waals surface area contributed by atoms with Crippen LogP contribution in [0.1, 0.15) is 43.0 Å². The van der Waals surface area contributed by atoms with Gasteiger partial charge in [0, 0.05) is 16.8 Å².